The zero-order valence-electron chi connectivity index (χ0n) is 23.1. The minimum Gasteiger partial charge on any atom is -0.350 e. The molecule has 2 N–H and O–H groups in total. The average molecular weight is 531 g/mol. The summed E-state index contributed by atoms with van der Waals surface area (Å²) in [6.45, 7) is 7.49. The van der Waals surface area contributed by atoms with Gasteiger partial charge >= 0.3 is 0 Å². The van der Waals surface area contributed by atoms with Gasteiger partial charge in [0.05, 0.1) is 0 Å². The smallest absolute Gasteiger partial charge is 0.267 e. The van der Waals surface area contributed by atoms with Gasteiger partial charge in [0.25, 0.3) is 11.8 Å². The lowest BCUT2D eigenvalue weighted by atomic mass is 9.87. The van der Waals surface area contributed by atoms with Crippen molar-refractivity contribution in [3.8, 4) is 0 Å². The van der Waals surface area contributed by atoms with Crippen molar-refractivity contribution in [2.75, 3.05) is 11.9 Å². The van der Waals surface area contributed by atoms with Crippen LogP contribution in [0.15, 0.2) is 103 Å². The van der Waals surface area contributed by atoms with Crippen molar-refractivity contribution in [2.24, 2.45) is 0 Å². The van der Waals surface area contributed by atoms with Gasteiger partial charge in [0.1, 0.15) is 5.69 Å². The molecule has 5 rings (SSSR count). The van der Waals surface area contributed by atoms with Crippen LogP contribution >= 0.6 is 0 Å². The molecule has 0 spiro atoms. The quantitative estimate of drug-likeness (QED) is 0.237. The first-order valence-corrected chi connectivity index (χ1v) is 13.6. The van der Waals surface area contributed by atoms with Crippen LogP contribution in [0, 0.1) is 0 Å². The second-order valence-electron chi connectivity index (χ2n) is 11.0. The number of carbonyl (C=O) groups is 2. The number of amides is 2. The van der Waals surface area contributed by atoms with Crippen LogP contribution < -0.4 is 10.6 Å². The summed E-state index contributed by atoms with van der Waals surface area (Å²) in [5.74, 6) is -0.316. The number of hydrogen-bond donors (Lipinski definition) is 2. The van der Waals surface area contributed by atoms with Gasteiger partial charge in [-0.15, -0.1) is 0 Å². The maximum Gasteiger partial charge on any atom is 0.267 e. The van der Waals surface area contributed by atoms with Crippen molar-refractivity contribution < 1.29 is 9.59 Å². The van der Waals surface area contributed by atoms with E-state index in [1.807, 2.05) is 102 Å². The Labute approximate surface area is 235 Å². The lowest BCUT2D eigenvalue weighted by Crippen LogP contribution is -2.28. The Morgan fingerprint density at radius 1 is 0.825 bits per heavy atom. The Balaban J connectivity index is 1.38. The number of rotatable bonds is 8. The summed E-state index contributed by atoms with van der Waals surface area (Å²) in [5, 5.41) is 6.94. The second-order valence-corrected chi connectivity index (χ2v) is 11.0. The second kappa shape index (κ2) is 11.6. The Morgan fingerprint density at radius 3 is 2.27 bits per heavy atom. The first kappa shape index (κ1) is 26.9. The fraction of sp³-hybridized carbons (Fsp3) is 0.206. The van der Waals surface area contributed by atoms with Gasteiger partial charge in [0, 0.05) is 53.6 Å². The minimum atomic E-state index is -0.170. The largest absolute Gasteiger partial charge is 0.350 e. The van der Waals surface area contributed by atoms with E-state index in [1.165, 1.54) is 5.56 Å². The first-order chi connectivity index (χ1) is 19.3. The van der Waals surface area contributed by atoms with Gasteiger partial charge in [0.15, 0.2) is 0 Å². The predicted molar refractivity (Wildman–Crippen MR) is 161 cm³/mol. The summed E-state index contributed by atoms with van der Waals surface area (Å²) in [7, 11) is 0. The molecule has 0 bridgehead atoms. The summed E-state index contributed by atoms with van der Waals surface area (Å²) in [6, 6.07) is 31.2. The number of fused-ring (bicyclic) bond motifs is 1. The summed E-state index contributed by atoms with van der Waals surface area (Å²) in [4.78, 5) is 30.7. The Hall–Kier alpha value is -4.71. The molecule has 0 unspecified atom stereocenters. The summed E-state index contributed by atoms with van der Waals surface area (Å²) < 4.78 is 2.03. The molecule has 6 heteroatoms. The third-order valence-corrected chi connectivity index (χ3v) is 6.98. The predicted octanol–water partition coefficient (Wildman–Crippen LogP) is 6.61. The van der Waals surface area contributed by atoms with E-state index in [4.69, 9.17) is 0 Å². The van der Waals surface area contributed by atoms with Gasteiger partial charge in [-0.2, -0.15) is 0 Å². The van der Waals surface area contributed by atoms with Crippen molar-refractivity contribution in [1.82, 2.24) is 14.9 Å². The highest BCUT2D eigenvalue weighted by Gasteiger charge is 2.18. The summed E-state index contributed by atoms with van der Waals surface area (Å²) in [5.41, 5.74) is 6.00. The standard InChI is InChI=1S/C34H34N4O2/c1-34(2,3)27-14-12-25(13-15-27)32(39)37-29-16-17-30-26(21-29)22-31(38(30)23-24-9-5-4-6-10-24)33(40)36-20-18-28-11-7-8-19-35-28/h4-17,19,21-22H,18,20,23H2,1-3H3,(H,36,40)(H,37,39). The van der Waals surface area contributed by atoms with Crippen molar-refractivity contribution in [3.63, 3.8) is 0 Å². The maximum absolute atomic E-state index is 13.3. The molecule has 5 aromatic rings. The molecule has 202 valence electrons. The molecule has 0 saturated carbocycles. The lowest BCUT2D eigenvalue weighted by molar-refractivity contribution is 0.0945. The van der Waals surface area contributed by atoms with Gasteiger partial charge < -0.3 is 15.2 Å². The molecule has 2 aromatic heterocycles. The molecule has 0 fully saturated rings. The topological polar surface area (TPSA) is 76.0 Å². The van der Waals surface area contributed by atoms with Crippen LogP contribution in [0.25, 0.3) is 10.9 Å². The first-order valence-electron chi connectivity index (χ1n) is 13.6. The number of nitrogens with one attached hydrogen (secondary N) is 2. The lowest BCUT2D eigenvalue weighted by Gasteiger charge is -2.19. The van der Waals surface area contributed by atoms with Crippen LogP contribution in [-0.2, 0) is 18.4 Å². The van der Waals surface area contributed by atoms with Crippen molar-refractivity contribution in [3.05, 3.63) is 131 Å². The maximum atomic E-state index is 13.3. The van der Waals surface area contributed by atoms with Gasteiger partial charge in [-0.1, -0.05) is 69.3 Å². The zero-order chi connectivity index (χ0) is 28.1. The van der Waals surface area contributed by atoms with Gasteiger partial charge in [-0.3, -0.25) is 14.6 Å². The molecule has 40 heavy (non-hydrogen) atoms. The number of nitrogens with zero attached hydrogens (tertiary/aromatic N) is 2. The van der Waals surface area contributed by atoms with Gasteiger partial charge in [-0.05, 0) is 65.1 Å². The van der Waals surface area contributed by atoms with E-state index in [1.54, 1.807) is 6.20 Å². The molecule has 0 aliphatic rings. The minimum absolute atomic E-state index is 0.0232. The van der Waals surface area contributed by atoms with Gasteiger partial charge in [0.2, 0.25) is 0 Å². The molecule has 2 heterocycles. The van der Waals surface area contributed by atoms with E-state index in [-0.39, 0.29) is 17.2 Å². The Morgan fingerprint density at radius 2 is 1.57 bits per heavy atom. The van der Waals surface area contributed by atoms with E-state index in [0.29, 0.717) is 36.5 Å². The molecular formula is C34H34N4O2. The highest BCUT2D eigenvalue weighted by atomic mass is 16.2. The molecule has 3 aromatic carbocycles. The summed E-state index contributed by atoms with van der Waals surface area (Å²) >= 11 is 0. The van der Waals surface area contributed by atoms with Crippen molar-refractivity contribution >= 4 is 28.4 Å². The van der Waals surface area contributed by atoms with Crippen LogP contribution in [0.4, 0.5) is 5.69 Å². The van der Waals surface area contributed by atoms with E-state index < -0.39 is 0 Å². The van der Waals surface area contributed by atoms with E-state index in [9.17, 15) is 9.59 Å². The molecule has 6 nitrogen and oxygen atoms in total. The molecule has 2 amide bonds. The highest BCUT2D eigenvalue weighted by Crippen LogP contribution is 2.26. The Bertz CT molecular complexity index is 1620. The number of pyridine rings is 1. The third-order valence-electron chi connectivity index (χ3n) is 6.98. The molecule has 0 atom stereocenters. The summed E-state index contributed by atoms with van der Waals surface area (Å²) in [6.07, 6.45) is 2.41. The van der Waals surface area contributed by atoms with Crippen LogP contribution in [0.5, 0.6) is 0 Å². The third kappa shape index (κ3) is 6.29. The fourth-order valence-electron chi connectivity index (χ4n) is 4.74. The molecule has 0 radical (unpaired) electrons. The number of aromatic nitrogens is 2. The average Bonchev–Trinajstić information content (AvgIpc) is 3.31. The SMILES string of the molecule is CC(C)(C)c1ccc(C(=O)Nc2ccc3c(c2)cc(C(=O)NCCc2ccccn2)n3Cc2ccccc2)cc1. The normalized spacial score (nSPS) is 11.4. The van der Waals surface area contributed by atoms with E-state index in [0.717, 1.165) is 22.2 Å². The molecule has 0 aliphatic carbocycles. The van der Waals surface area contributed by atoms with Crippen molar-refractivity contribution in [2.45, 2.75) is 39.2 Å². The van der Waals surface area contributed by atoms with Crippen LogP contribution in [-0.4, -0.2) is 27.9 Å². The monoisotopic (exact) mass is 530 g/mol. The number of hydrogen-bond acceptors (Lipinski definition) is 3. The molecule has 0 aliphatic heterocycles. The number of carbonyl (C=O) groups excluding carboxylic acids is 2. The van der Waals surface area contributed by atoms with E-state index in [2.05, 4.69) is 36.4 Å². The number of anilines is 1. The van der Waals surface area contributed by atoms with Crippen molar-refractivity contribution in [1.29, 1.82) is 0 Å². The van der Waals surface area contributed by atoms with Crippen LogP contribution in [0.1, 0.15) is 58.4 Å². The molecule has 0 saturated heterocycles. The number of benzene rings is 3. The van der Waals surface area contributed by atoms with Crippen LogP contribution in [0.2, 0.25) is 0 Å². The van der Waals surface area contributed by atoms with E-state index >= 15 is 0 Å². The Kier molecular flexibility index (Phi) is 7.78. The zero-order valence-corrected chi connectivity index (χ0v) is 23.1. The molecular weight excluding hydrogens is 496 g/mol. The fourth-order valence-corrected chi connectivity index (χ4v) is 4.74. The van der Waals surface area contributed by atoms with Crippen LogP contribution in [0.3, 0.4) is 0 Å². The van der Waals surface area contributed by atoms with Gasteiger partial charge in [-0.25, -0.2) is 0 Å². The highest BCUT2D eigenvalue weighted by molar-refractivity contribution is 6.06.